The van der Waals surface area contributed by atoms with Crippen LogP contribution >= 0.6 is 0 Å². The summed E-state index contributed by atoms with van der Waals surface area (Å²) in [6.45, 7) is 0. The highest BCUT2D eigenvalue weighted by atomic mass is 16.3. The van der Waals surface area contributed by atoms with Gasteiger partial charge < -0.3 is 25.5 Å². The average Bonchev–Trinajstić information content (AvgIpc) is 3.20. The fraction of sp³-hybridized carbons (Fsp3) is 0.0303. The summed E-state index contributed by atoms with van der Waals surface area (Å²) in [6, 6.07) is 28.8. The Balaban J connectivity index is 1.75. The van der Waals surface area contributed by atoms with Gasteiger partial charge in [-0.25, -0.2) is 0 Å². The fourth-order valence-corrected chi connectivity index (χ4v) is 5.41. The minimum absolute atomic E-state index is 0.00557. The number of fused-ring (bicyclic) bond motifs is 3. The van der Waals surface area contributed by atoms with E-state index in [1.807, 2.05) is 36.4 Å². The van der Waals surface area contributed by atoms with Crippen molar-refractivity contribution in [3.05, 3.63) is 137 Å². The summed E-state index contributed by atoms with van der Waals surface area (Å²) in [5, 5.41) is 51.6. The molecule has 0 spiro atoms. The zero-order valence-corrected chi connectivity index (χ0v) is 20.1. The van der Waals surface area contributed by atoms with E-state index in [9.17, 15) is 25.5 Å². The van der Waals surface area contributed by atoms with Crippen molar-refractivity contribution in [1.29, 1.82) is 0 Å². The third kappa shape index (κ3) is 3.51. The van der Waals surface area contributed by atoms with E-state index in [1.54, 1.807) is 66.7 Å². The molecule has 184 valence electrons. The molecule has 0 amide bonds. The number of phenolic OH excluding ortho intramolecular Hbond substituents is 5. The van der Waals surface area contributed by atoms with E-state index in [1.165, 1.54) is 0 Å². The first-order valence-corrected chi connectivity index (χ1v) is 12.0. The minimum Gasteiger partial charge on any atom is -0.508 e. The molecule has 0 aromatic heterocycles. The van der Waals surface area contributed by atoms with Crippen LogP contribution in [0.25, 0.3) is 11.1 Å². The standard InChI is InChI=1S/C33H22O5/c34-23-8-1-20(2-9-23)3-15-29-31(38)18-17-28-27-16-14-26(37)19-30(27)33(32(28)29,21-4-10-24(35)11-5-21)22-6-12-25(36)13-7-22/h1-2,4-14,16-19,34-38H. The van der Waals surface area contributed by atoms with Crippen LogP contribution < -0.4 is 0 Å². The quantitative estimate of drug-likeness (QED) is 0.189. The lowest BCUT2D eigenvalue weighted by Crippen LogP contribution is -2.29. The number of phenols is 5. The second-order valence-corrected chi connectivity index (χ2v) is 9.25. The van der Waals surface area contributed by atoms with Gasteiger partial charge in [0.15, 0.2) is 0 Å². The molecule has 5 aromatic rings. The van der Waals surface area contributed by atoms with E-state index in [0.717, 1.165) is 33.4 Å². The molecule has 5 aromatic carbocycles. The van der Waals surface area contributed by atoms with Crippen LogP contribution in [-0.4, -0.2) is 25.5 Å². The van der Waals surface area contributed by atoms with Gasteiger partial charge in [-0.1, -0.05) is 48.2 Å². The first-order valence-electron chi connectivity index (χ1n) is 12.0. The molecule has 1 aliphatic rings. The highest BCUT2D eigenvalue weighted by Crippen LogP contribution is 2.59. The van der Waals surface area contributed by atoms with E-state index in [2.05, 4.69) is 11.8 Å². The predicted octanol–water partition coefficient (Wildman–Crippen LogP) is 5.98. The van der Waals surface area contributed by atoms with Crippen LogP contribution in [-0.2, 0) is 5.41 Å². The first-order chi connectivity index (χ1) is 18.4. The van der Waals surface area contributed by atoms with Gasteiger partial charge in [-0.3, -0.25) is 0 Å². The van der Waals surface area contributed by atoms with Gasteiger partial charge in [0, 0.05) is 5.56 Å². The Labute approximate surface area is 219 Å². The number of rotatable bonds is 2. The van der Waals surface area contributed by atoms with Gasteiger partial charge in [-0.15, -0.1) is 0 Å². The van der Waals surface area contributed by atoms with Crippen molar-refractivity contribution >= 4 is 0 Å². The Morgan fingerprint density at radius 2 is 0.974 bits per heavy atom. The van der Waals surface area contributed by atoms with Crippen LogP contribution in [0.5, 0.6) is 28.7 Å². The van der Waals surface area contributed by atoms with Crippen LogP contribution in [0.1, 0.15) is 33.4 Å². The van der Waals surface area contributed by atoms with Gasteiger partial charge in [0.05, 0.1) is 11.0 Å². The van der Waals surface area contributed by atoms with Crippen LogP contribution in [0, 0.1) is 11.8 Å². The molecule has 0 radical (unpaired) electrons. The minimum atomic E-state index is -1.04. The topological polar surface area (TPSA) is 101 Å². The van der Waals surface area contributed by atoms with E-state index >= 15 is 0 Å². The largest absolute Gasteiger partial charge is 0.508 e. The normalized spacial score (nSPS) is 12.7. The van der Waals surface area contributed by atoms with Gasteiger partial charge in [-0.05, 0) is 100 Å². The number of benzene rings is 5. The van der Waals surface area contributed by atoms with Crippen molar-refractivity contribution in [3.8, 4) is 51.7 Å². The molecule has 0 atom stereocenters. The zero-order chi connectivity index (χ0) is 26.4. The molecule has 5 N–H and O–H groups in total. The molecule has 5 heteroatoms. The van der Waals surface area contributed by atoms with Gasteiger partial charge in [0.1, 0.15) is 28.7 Å². The maximum Gasteiger partial charge on any atom is 0.131 e. The second kappa shape index (κ2) is 8.65. The van der Waals surface area contributed by atoms with E-state index in [0.29, 0.717) is 11.1 Å². The fourth-order valence-electron chi connectivity index (χ4n) is 5.41. The van der Waals surface area contributed by atoms with Crippen LogP contribution in [0.15, 0.2) is 103 Å². The van der Waals surface area contributed by atoms with Gasteiger partial charge in [0.25, 0.3) is 0 Å². The van der Waals surface area contributed by atoms with Crippen molar-refractivity contribution in [2.45, 2.75) is 5.41 Å². The third-order valence-corrected chi connectivity index (χ3v) is 7.06. The molecule has 0 fully saturated rings. The van der Waals surface area contributed by atoms with Crippen molar-refractivity contribution in [1.82, 2.24) is 0 Å². The molecule has 0 bridgehead atoms. The maximum absolute atomic E-state index is 11.2. The molecule has 0 unspecified atom stereocenters. The average molecular weight is 499 g/mol. The highest BCUT2D eigenvalue weighted by Gasteiger charge is 2.48. The maximum atomic E-state index is 11.2. The third-order valence-electron chi connectivity index (χ3n) is 7.06. The van der Waals surface area contributed by atoms with Crippen molar-refractivity contribution < 1.29 is 25.5 Å². The Bertz CT molecular complexity index is 1690. The summed E-state index contributed by atoms with van der Waals surface area (Å²) >= 11 is 0. The van der Waals surface area contributed by atoms with Gasteiger partial charge in [0.2, 0.25) is 0 Å². The molecule has 6 rings (SSSR count). The summed E-state index contributed by atoms with van der Waals surface area (Å²) in [5.74, 6) is 6.70. The van der Waals surface area contributed by atoms with Gasteiger partial charge in [-0.2, -0.15) is 0 Å². The summed E-state index contributed by atoms with van der Waals surface area (Å²) in [7, 11) is 0. The van der Waals surface area contributed by atoms with Crippen molar-refractivity contribution in [2.24, 2.45) is 0 Å². The molecule has 0 saturated heterocycles. The molecule has 1 aliphatic carbocycles. The Kier molecular flexibility index (Phi) is 5.25. The smallest absolute Gasteiger partial charge is 0.131 e. The molecule has 0 aliphatic heterocycles. The van der Waals surface area contributed by atoms with Crippen LogP contribution in [0.4, 0.5) is 0 Å². The molecule has 38 heavy (non-hydrogen) atoms. The van der Waals surface area contributed by atoms with Crippen molar-refractivity contribution in [2.75, 3.05) is 0 Å². The van der Waals surface area contributed by atoms with Crippen LogP contribution in [0.3, 0.4) is 0 Å². The molecule has 0 saturated carbocycles. The summed E-state index contributed by atoms with van der Waals surface area (Å²) in [4.78, 5) is 0. The summed E-state index contributed by atoms with van der Waals surface area (Å²) in [6.07, 6.45) is 0. The molecular formula is C33H22O5. The monoisotopic (exact) mass is 498 g/mol. The summed E-state index contributed by atoms with van der Waals surface area (Å²) < 4.78 is 0. The first kappa shape index (κ1) is 23.1. The molecule has 5 nitrogen and oxygen atoms in total. The number of hydrogen-bond donors (Lipinski definition) is 5. The van der Waals surface area contributed by atoms with Crippen LogP contribution in [0.2, 0.25) is 0 Å². The van der Waals surface area contributed by atoms with Crippen molar-refractivity contribution in [3.63, 3.8) is 0 Å². The zero-order valence-electron chi connectivity index (χ0n) is 20.1. The Morgan fingerprint density at radius 3 is 1.55 bits per heavy atom. The number of hydrogen-bond acceptors (Lipinski definition) is 5. The lowest BCUT2D eigenvalue weighted by molar-refractivity contribution is 0.470. The molecular weight excluding hydrogens is 476 g/mol. The Morgan fingerprint density at radius 1 is 0.474 bits per heavy atom. The lowest BCUT2D eigenvalue weighted by atomic mass is 9.66. The Hall–Kier alpha value is -5.34. The van der Waals surface area contributed by atoms with E-state index in [4.69, 9.17) is 0 Å². The lowest BCUT2D eigenvalue weighted by Gasteiger charge is -2.34. The van der Waals surface area contributed by atoms with Gasteiger partial charge >= 0.3 is 0 Å². The number of aromatic hydroxyl groups is 5. The second-order valence-electron chi connectivity index (χ2n) is 9.25. The van der Waals surface area contributed by atoms with E-state index in [-0.39, 0.29) is 28.7 Å². The predicted molar refractivity (Wildman–Crippen MR) is 144 cm³/mol. The highest BCUT2D eigenvalue weighted by molar-refractivity contribution is 5.90. The van der Waals surface area contributed by atoms with E-state index < -0.39 is 5.41 Å². The molecule has 0 heterocycles. The summed E-state index contributed by atoms with van der Waals surface area (Å²) in [5.41, 5.74) is 4.81. The SMILES string of the molecule is Oc1ccc(C#Cc2c(O)ccc3c2C(c2ccc(O)cc2)(c2ccc(O)cc2)c2cc(O)ccc2-3)cc1.